The van der Waals surface area contributed by atoms with Crippen molar-refractivity contribution in [3.05, 3.63) is 11.6 Å². The van der Waals surface area contributed by atoms with E-state index in [0.717, 1.165) is 0 Å². The van der Waals surface area contributed by atoms with Gasteiger partial charge >= 0.3 is 0 Å². The third kappa shape index (κ3) is 3.19. The van der Waals surface area contributed by atoms with Gasteiger partial charge in [0.2, 0.25) is 11.8 Å². The Morgan fingerprint density at radius 1 is 1.27 bits per heavy atom. The van der Waals surface area contributed by atoms with Gasteiger partial charge in [0.15, 0.2) is 0 Å². The highest BCUT2D eigenvalue weighted by Gasteiger charge is 2.60. The van der Waals surface area contributed by atoms with Crippen molar-refractivity contribution in [3.8, 4) is 0 Å². The minimum absolute atomic E-state index is 0.0169. The van der Waals surface area contributed by atoms with Crippen molar-refractivity contribution in [2.45, 2.75) is 40.5 Å². The summed E-state index contributed by atoms with van der Waals surface area (Å²) >= 11 is 0. The van der Waals surface area contributed by atoms with Gasteiger partial charge in [-0.2, -0.15) is 0 Å². The number of primary amides is 1. The quantitative estimate of drug-likeness (QED) is 0.757. The van der Waals surface area contributed by atoms with E-state index in [-0.39, 0.29) is 29.1 Å². The predicted molar refractivity (Wildman–Crippen MR) is 84.9 cm³/mol. The van der Waals surface area contributed by atoms with Crippen LogP contribution in [0.2, 0.25) is 0 Å². The Bertz CT molecular complexity index is 486. The third-order valence-corrected chi connectivity index (χ3v) is 5.28. The second-order valence-corrected chi connectivity index (χ2v) is 7.54. The summed E-state index contributed by atoms with van der Waals surface area (Å²) in [5.74, 6) is -0.0597. The molecule has 124 valence electrons. The zero-order valence-corrected chi connectivity index (χ0v) is 14.1. The summed E-state index contributed by atoms with van der Waals surface area (Å²) in [6.45, 7) is 9.68. The smallest absolute Gasteiger partial charge is 0.225 e. The van der Waals surface area contributed by atoms with Gasteiger partial charge in [0.05, 0.1) is 11.3 Å². The zero-order chi connectivity index (χ0) is 16.5. The maximum Gasteiger partial charge on any atom is 0.225 e. The molecule has 0 aromatic rings. The van der Waals surface area contributed by atoms with Crippen molar-refractivity contribution < 1.29 is 14.3 Å². The Hall–Kier alpha value is -1.36. The molecule has 2 fully saturated rings. The lowest BCUT2D eigenvalue weighted by Gasteiger charge is -2.34. The number of nitrogens with two attached hydrogens (primary N) is 1. The number of rotatable bonds is 5. The summed E-state index contributed by atoms with van der Waals surface area (Å²) in [6.07, 6.45) is 3.32. The molecule has 5 heteroatoms. The van der Waals surface area contributed by atoms with Gasteiger partial charge in [-0.1, -0.05) is 25.5 Å². The van der Waals surface area contributed by atoms with Crippen molar-refractivity contribution in [1.29, 1.82) is 0 Å². The molecule has 5 nitrogen and oxygen atoms in total. The summed E-state index contributed by atoms with van der Waals surface area (Å²) in [6, 6.07) is 0. The Balaban J connectivity index is 1.98. The summed E-state index contributed by atoms with van der Waals surface area (Å²) in [5.41, 5.74) is 6.13. The van der Waals surface area contributed by atoms with Crippen LogP contribution in [0.3, 0.4) is 0 Å². The molecule has 22 heavy (non-hydrogen) atoms. The molecule has 1 heterocycles. The first-order valence-electron chi connectivity index (χ1n) is 8.01. The molecule has 0 unspecified atom stereocenters. The fraction of sp³-hybridized carbons (Fsp3) is 0.765. The number of hydrogen-bond acceptors (Lipinski definition) is 3. The molecule has 2 atom stereocenters. The average molecular weight is 308 g/mol. The number of allylic oxidation sites excluding steroid dienone is 2. The van der Waals surface area contributed by atoms with Crippen LogP contribution in [0, 0.1) is 22.7 Å². The fourth-order valence-corrected chi connectivity index (χ4v) is 3.49. The number of nitrogens with one attached hydrogen (secondary N) is 1. The normalized spacial score (nSPS) is 28.5. The van der Waals surface area contributed by atoms with E-state index in [9.17, 15) is 9.59 Å². The van der Waals surface area contributed by atoms with E-state index >= 15 is 0 Å². The molecule has 1 saturated heterocycles. The lowest BCUT2D eigenvalue weighted by molar-refractivity contribution is -0.134. The lowest BCUT2D eigenvalue weighted by atomic mass is 9.79. The molecule has 1 aliphatic carbocycles. The number of carbonyl (C=O) groups excluding carboxylic acids is 2. The first-order valence-corrected chi connectivity index (χ1v) is 8.01. The Morgan fingerprint density at radius 2 is 1.86 bits per heavy atom. The minimum atomic E-state index is -0.654. The second-order valence-electron chi connectivity index (χ2n) is 7.54. The fourth-order valence-electron chi connectivity index (χ4n) is 3.49. The topological polar surface area (TPSA) is 81.4 Å². The van der Waals surface area contributed by atoms with Crippen LogP contribution in [0.1, 0.15) is 40.5 Å². The standard InChI is InChI=1S/C17H28N2O3/c1-11(2)9-12-13(16(12,3)4)14(20)19-10-17(15(18)21)5-7-22-8-6-17/h9,12-13H,5-8,10H2,1-4H3,(H2,18,21)(H,19,20)/t12-,13-/m1/s1. The van der Waals surface area contributed by atoms with E-state index < -0.39 is 5.41 Å². The van der Waals surface area contributed by atoms with Crippen LogP contribution in [0.15, 0.2) is 11.6 Å². The van der Waals surface area contributed by atoms with Crippen molar-refractivity contribution in [1.82, 2.24) is 5.32 Å². The summed E-state index contributed by atoms with van der Waals surface area (Å²) in [5, 5.41) is 2.97. The van der Waals surface area contributed by atoms with E-state index in [1.54, 1.807) is 0 Å². The Labute approximate surface area is 132 Å². The first kappa shape index (κ1) is 17.0. The SMILES string of the molecule is CC(C)=C[C@@H]1[C@H](C(=O)NCC2(C(N)=O)CCOCC2)C1(C)C. The summed E-state index contributed by atoms with van der Waals surface area (Å²) < 4.78 is 5.31. The summed E-state index contributed by atoms with van der Waals surface area (Å²) in [4.78, 5) is 24.3. The molecule has 1 aliphatic heterocycles. The van der Waals surface area contributed by atoms with E-state index in [1.807, 2.05) is 13.8 Å². The molecular formula is C17H28N2O3. The van der Waals surface area contributed by atoms with Crippen LogP contribution in [-0.4, -0.2) is 31.6 Å². The van der Waals surface area contributed by atoms with Crippen LogP contribution in [0.25, 0.3) is 0 Å². The van der Waals surface area contributed by atoms with Gasteiger partial charge in [-0.15, -0.1) is 0 Å². The molecule has 0 bridgehead atoms. The van der Waals surface area contributed by atoms with Gasteiger partial charge in [-0.25, -0.2) is 0 Å². The molecule has 2 rings (SSSR count). The number of amides is 2. The van der Waals surface area contributed by atoms with E-state index in [1.165, 1.54) is 5.57 Å². The zero-order valence-electron chi connectivity index (χ0n) is 14.1. The van der Waals surface area contributed by atoms with Gasteiger partial charge < -0.3 is 15.8 Å². The van der Waals surface area contributed by atoms with Crippen LogP contribution >= 0.6 is 0 Å². The largest absolute Gasteiger partial charge is 0.381 e. The van der Waals surface area contributed by atoms with Gasteiger partial charge in [0.25, 0.3) is 0 Å². The van der Waals surface area contributed by atoms with Crippen LogP contribution in [-0.2, 0) is 14.3 Å². The number of carbonyl (C=O) groups is 2. The molecule has 1 saturated carbocycles. The Kier molecular flexibility index (Phi) is 4.66. The number of hydrogen-bond donors (Lipinski definition) is 2. The molecule has 0 spiro atoms. The molecule has 0 radical (unpaired) electrons. The molecule has 2 aliphatic rings. The third-order valence-electron chi connectivity index (χ3n) is 5.28. The van der Waals surface area contributed by atoms with Crippen LogP contribution in [0.5, 0.6) is 0 Å². The minimum Gasteiger partial charge on any atom is -0.381 e. The van der Waals surface area contributed by atoms with Gasteiger partial charge in [0.1, 0.15) is 0 Å². The monoisotopic (exact) mass is 308 g/mol. The molecule has 0 aromatic heterocycles. The van der Waals surface area contributed by atoms with E-state index in [4.69, 9.17) is 10.5 Å². The lowest BCUT2D eigenvalue weighted by Crippen LogP contribution is -2.50. The Morgan fingerprint density at radius 3 is 2.36 bits per heavy atom. The van der Waals surface area contributed by atoms with Crippen molar-refractivity contribution in [2.24, 2.45) is 28.4 Å². The number of ether oxygens (including phenoxy) is 1. The second kappa shape index (κ2) is 6.03. The van der Waals surface area contributed by atoms with E-state index in [0.29, 0.717) is 32.6 Å². The molecule has 0 aromatic carbocycles. The van der Waals surface area contributed by atoms with Crippen molar-refractivity contribution in [3.63, 3.8) is 0 Å². The maximum atomic E-state index is 12.5. The maximum absolute atomic E-state index is 12.5. The molecule has 2 amide bonds. The van der Waals surface area contributed by atoms with Crippen LogP contribution < -0.4 is 11.1 Å². The predicted octanol–water partition coefficient (Wildman–Crippen LogP) is 1.62. The molecule has 3 N–H and O–H groups in total. The summed E-state index contributed by atoms with van der Waals surface area (Å²) in [7, 11) is 0. The highest BCUT2D eigenvalue weighted by molar-refractivity contribution is 5.86. The highest BCUT2D eigenvalue weighted by Crippen LogP contribution is 2.59. The van der Waals surface area contributed by atoms with Crippen molar-refractivity contribution in [2.75, 3.05) is 19.8 Å². The molecular weight excluding hydrogens is 280 g/mol. The van der Waals surface area contributed by atoms with Gasteiger partial charge in [0, 0.05) is 19.8 Å². The van der Waals surface area contributed by atoms with Crippen molar-refractivity contribution >= 4 is 11.8 Å². The first-order chi connectivity index (χ1) is 10.2. The van der Waals surface area contributed by atoms with Crippen LogP contribution in [0.4, 0.5) is 0 Å². The average Bonchev–Trinajstić information content (AvgIpc) is 2.97. The van der Waals surface area contributed by atoms with Gasteiger partial charge in [-0.3, -0.25) is 9.59 Å². The van der Waals surface area contributed by atoms with E-state index in [2.05, 4.69) is 25.2 Å². The van der Waals surface area contributed by atoms with Gasteiger partial charge in [-0.05, 0) is 38.0 Å². The highest BCUT2D eigenvalue weighted by atomic mass is 16.5.